The number of aromatic nitrogens is 4. The lowest BCUT2D eigenvalue weighted by molar-refractivity contribution is -0.137. The second-order valence-corrected chi connectivity index (χ2v) is 5.52. The molecule has 0 bridgehead atoms. The number of hydrogen-bond donors (Lipinski definition) is 3. The second kappa shape index (κ2) is 7.86. The van der Waals surface area contributed by atoms with Gasteiger partial charge in [0.15, 0.2) is 5.82 Å². The van der Waals surface area contributed by atoms with E-state index in [1.807, 2.05) is 0 Å². The van der Waals surface area contributed by atoms with Crippen LogP contribution in [0.5, 0.6) is 0 Å². The Bertz CT molecular complexity index is 996. The molecule has 3 rings (SSSR count). The molecule has 3 N–H and O–H groups in total. The van der Waals surface area contributed by atoms with Crippen molar-refractivity contribution in [2.45, 2.75) is 12.7 Å². The summed E-state index contributed by atoms with van der Waals surface area (Å²) in [5.74, 6) is 0.574. The number of alkyl halides is 3. The average Bonchev–Trinajstić information content (AvgIpc) is 2.66. The smallest absolute Gasteiger partial charge is 0.417 e. The van der Waals surface area contributed by atoms with Gasteiger partial charge in [-0.3, -0.25) is 10.3 Å². The van der Waals surface area contributed by atoms with E-state index in [0.717, 1.165) is 12.3 Å². The van der Waals surface area contributed by atoms with Crippen molar-refractivity contribution < 1.29 is 23.1 Å². The van der Waals surface area contributed by atoms with Crippen LogP contribution in [0.2, 0.25) is 0 Å². The molecule has 11 heteroatoms. The fourth-order valence-electron chi connectivity index (χ4n) is 2.29. The molecule has 0 fully saturated rings. The van der Waals surface area contributed by atoms with Crippen LogP contribution in [0, 0.1) is 0 Å². The van der Waals surface area contributed by atoms with Crippen LogP contribution in [0.25, 0.3) is 11.4 Å². The second-order valence-electron chi connectivity index (χ2n) is 5.52. The number of halogens is 3. The fourth-order valence-corrected chi connectivity index (χ4v) is 2.29. The third-order valence-corrected chi connectivity index (χ3v) is 3.56. The first-order valence-corrected chi connectivity index (χ1v) is 7.86. The highest BCUT2D eigenvalue weighted by Gasteiger charge is 2.31. The molecule has 8 nitrogen and oxygen atoms in total. The van der Waals surface area contributed by atoms with E-state index in [2.05, 4.69) is 30.6 Å². The predicted octanol–water partition coefficient (Wildman–Crippen LogP) is 3.65. The van der Waals surface area contributed by atoms with Crippen molar-refractivity contribution >= 4 is 17.7 Å². The highest BCUT2D eigenvalue weighted by molar-refractivity contribution is 5.82. The zero-order chi connectivity index (χ0) is 20.1. The van der Waals surface area contributed by atoms with E-state index in [-0.39, 0.29) is 23.8 Å². The summed E-state index contributed by atoms with van der Waals surface area (Å²) in [6.07, 6.45) is -0.966. The Morgan fingerprint density at radius 2 is 1.96 bits per heavy atom. The van der Waals surface area contributed by atoms with Crippen molar-refractivity contribution in [2.24, 2.45) is 0 Å². The van der Waals surface area contributed by atoms with Crippen LogP contribution >= 0.6 is 0 Å². The maximum absolute atomic E-state index is 12.9. The van der Waals surface area contributed by atoms with E-state index in [1.54, 1.807) is 12.1 Å². The van der Waals surface area contributed by atoms with Crippen LogP contribution < -0.4 is 10.6 Å². The molecule has 144 valence electrons. The van der Waals surface area contributed by atoms with Gasteiger partial charge in [-0.25, -0.2) is 19.7 Å². The normalized spacial score (nSPS) is 11.1. The van der Waals surface area contributed by atoms with Crippen molar-refractivity contribution in [3.63, 3.8) is 0 Å². The molecule has 0 saturated carbocycles. The summed E-state index contributed by atoms with van der Waals surface area (Å²) in [7, 11) is 0. The van der Waals surface area contributed by atoms with Gasteiger partial charge in [-0.1, -0.05) is 6.07 Å². The summed E-state index contributed by atoms with van der Waals surface area (Å²) in [5, 5.41) is 14.0. The first-order valence-electron chi connectivity index (χ1n) is 7.86. The minimum absolute atomic E-state index is 0.0682. The number of nitrogens with zero attached hydrogens (tertiary/aromatic N) is 4. The van der Waals surface area contributed by atoms with Gasteiger partial charge in [0.25, 0.3) is 0 Å². The molecule has 3 heterocycles. The van der Waals surface area contributed by atoms with Crippen LogP contribution in [-0.2, 0) is 12.7 Å². The molecule has 0 radical (unpaired) electrons. The molecular weight excluding hydrogens is 377 g/mol. The van der Waals surface area contributed by atoms with Crippen molar-refractivity contribution in [3.8, 4) is 11.4 Å². The van der Waals surface area contributed by atoms with Crippen molar-refractivity contribution in [2.75, 3.05) is 10.6 Å². The monoisotopic (exact) mass is 390 g/mol. The van der Waals surface area contributed by atoms with Crippen LogP contribution in [0.1, 0.15) is 11.1 Å². The number of rotatable bonds is 5. The highest BCUT2D eigenvalue weighted by atomic mass is 19.4. The van der Waals surface area contributed by atoms with Crippen LogP contribution in [0.15, 0.2) is 49.1 Å². The fraction of sp³-hybridized carbons (Fsp3) is 0.118. The third-order valence-electron chi connectivity index (χ3n) is 3.56. The highest BCUT2D eigenvalue weighted by Crippen LogP contribution is 2.30. The number of anilines is 2. The van der Waals surface area contributed by atoms with Gasteiger partial charge in [0, 0.05) is 42.5 Å². The van der Waals surface area contributed by atoms with E-state index < -0.39 is 17.8 Å². The van der Waals surface area contributed by atoms with Crippen molar-refractivity contribution in [3.05, 3.63) is 60.2 Å². The maximum atomic E-state index is 12.9. The molecule has 0 atom stereocenters. The summed E-state index contributed by atoms with van der Waals surface area (Å²) >= 11 is 0. The Morgan fingerprint density at radius 3 is 2.71 bits per heavy atom. The van der Waals surface area contributed by atoms with Gasteiger partial charge < -0.3 is 10.4 Å². The number of carbonyl (C=O) groups is 1. The Hall–Kier alpha value is -3.76. The molecule has 0 aliphatic heterocycles. The first-order chi connectivity index (χ1) is 13.3. The molecule has 0 saturated heterocycles. The minimum Gasteiger partial charge on any atom is -0.465 e. The van der Waals surface area contributed by atoms with Gasteiger partial charge in [0.2, 0.25) is 0 Å². The summed E-state index contributed by atoms with van der Waals surface area (Å²) < 4.78 is 38.6. The van der Waals surface area contributed by atoms with E-state index in [4.69, 9.17) is 5.11 Å². The third kappa shape index (κ3) is 4.69. The van der Waals surface area contributed by atoms with Gasteiger partial charge in [-0.2, -0.15) is 13.2 Å². The average molecular weight is 390 g/mol. The maximum Gasteiger partial charge on any atom is 0.417 e. The molecule has 28 heavy (non-hydrogen) atoms. The predicted molar refractivity (Wildman–Crippen MR) is 93.5 cm³/mol. The molecule has 0 aromatic carbocycles. The molecule has 0 spiro atoms. The molecule has 0 unspecified atom stereocenters. The Morgan fingerprint density at radius 1 is 1.14 bits per heavy atom. The quantitative estimate of drug-likeness (QED) is 0.609. The summed E-state index contributed by atoms with van der Waals surface area (Å²) in [4.78, 5) is 26.5. The lowest BCUT2D eigenvalue weighted by atomic mass is 10.2. The van der Waals surface area contributed by atoms with E-state index in [9.17, 15) is 18.0 Å². The molecule has 1 amide bonds. The summed E-state index contributed by atoms with van der Waals surface area (Å²) in [6, 6.07) is 5.77. The Kier molecular flexibility index (Phi) is 5.34. The lowest BCUT2D eigenvalue weighted by Gasteiger charge is -2.11. The van der Waals surface area contributed by atoms with Gasteiger partial charge in [-0.15, -0.1) is 0 Å². The number of nitrogens with one attached hydrogen (secondary N) is 2. The number of carboxylic acid groups (broad SMARTS) is 1. The van der Waals surface area contributed by atoms with Crippen LogP contribution in [0.4, 0.5) is 29.6 Å². The largest absolute Gasteiger partial charge is 0.465 e. The zero-order valence-corrected chi connectivity index (χ0v) is 14.1. The van der Waals surface area contributed by atoms with Crippen LogP contribution in [-0.4, -0.2) is 31.1 Å². The van der Waals surface area contributed by atoms with Gasteiger partial charge in [0.1, 0.15) is 11.6 Å². The van der Waals surface area contributed by atoms with E-state index >= 15 is 0 Å². The van der Waals surface area contributed by atoms with Gasteiger partial charge in [-0.05, 0) is 18.2 Å². The van der Waals surface area contributed by atoms with E-state index in [1.165, 1.54) is 24.7 Å². The van der Waals surface area contributed by atoms with Gasteiger partial charge in [0.05, 0.1) is 5.56 Å². The molecule has 3 aromatic rings. The lowest BCUT2D eigenvalue weighted by Crippen LogP contribution is -2.12. The van der Waals surface area contributed by atoms with Crippen LogP contribution in [0.3, 0.4) is 0 Å². The van der Waals surface area contributed by atoms with E-state index in [0.29, 0.717) is 11.4 Å². The van der Waals surface area contributed by atoms with Crippen molar-refractivity contribution in [1.82, 2.24) is 19.9 Å². The summed E-state index contributed by atoms with van der Waals surface area (Å²) in [6.45, 7) is 0.181. The molecule has 3 aromatic heterocycles. The SMILES string of the molecule is O=C(O)Nc1ncccc1CNc1ccnc(-c2cncc(C(F)(F)F)c2)n1. The minimum atomic E-state index is -4.52. The zero-order valence-electron chi connectivity index (χ0n) is 14.1. The Labute approximate surface area is 156 Å². The van der Waals surface area contributed by atoms with Gasteiger partial charge >= 0.3 is 12.3 Å². The molecule has 0 aliphatic rings. The number of pyridine rings is 2. The molecular formula is C17H13F3N6O2. The molecule has 0 aliphatic carbocycles. The Balaban J connectivity index is 1.79. The standard InChI is InChI=1S/C17H13F3N6O2/c18-17(19,20)12-6-11(7-21-9-12)15-23-5-3-13(25-15)24-8-10-2-1-4-22-14(10)26-16(27)28/h1-7,9H,8H2,(H,22,26)(H,27,28)(H,23,24,25). The summed E-state index contributed by atoms with van der Waals surface area (Å²) in [5.41, 5.74) is -0.217. The van der Waals surface area contributed by atoms with Crippen molar-refractivity contribution in [1.29, 1.82) is 0 Å². The first kappa shape index (κ1) is 19.0. The number of hydrogen-bond acceptors (Lipinski definition) is 6. The topological polar surface area (TPSA) is 113 Å². The number of amides is 1.